The van der Waals surface area contributed by atoms with E-state index in [0.717, 1.165) is 28.8 Å². The Kier molecular flexibility index (Phi) is 6.39. The Labute approximate surface area is 144 Å². The van der Waals surface area contributed by atoms with Crippen molar-refractivity contribution in [2.45, 2.75) is 12.3 Å². The van der Waals surface area contributed by atoms with Gasteiger partial charge in [0, 0.05) is 23.4 Å². The van der Waals surface area contributed by atoms with Gasteiger partial charge in [0.25, 0.3) is 5.90 Å². The molecule has 0 bridgehead atoms. The summed E-state index contributed by atoms with van der Waals surface area (Å²) in [5.74, 6) is 1.73. The van der Waals surface area contributed by atoms with Crippen LogP contribution in [-0.4, -0.2) is 63.5 Å². The second-order valence-corrected chi connectivity index (χ2v) is 8.32. The lowest BCUT2D eigenvalue weighted by atomic mass is 10.5. The fourth-order valence-corrected chi connectivity index (χ4v) is 4.29. The first-order valence-electron chi connectivity index (χ1n) is 6.77. The van der Waals surface area contributed by atoms with Gasteiger partial charge in [0.15, 0.2) is 0 Å². The van der Waals surface area contributed by atoms with E-state index in [4.69, 9.17) is 4.74 Å². The highest BCUT2D eigenvalue weighted by Gasteiger charge is 2.26. The Hall–Kier alpha value is -1.17. The van der Waals surface area contributed by atoms with Gasteiger partial charge in [-0.1, -0.05) is 0 Å². The highest BCUT2D eigenvalue weighted by atomic mass is 32.2. The summed E-state index contributed by atoms with van der Waals surface area (Å²) in [4.78, 5) is 10.8. The molecule has 0 fully saturated rings. The molecule has 23 heavy (non-hydrogen) atoms. The maximum Gasteiger partial charge on any atom is 0.347 e. The van der Waals surface area contributed by atoms with Crippen molar-refractivity contribution in [3.63, 3.8) is 0 Å². The molecule has 2 rings (SSSR count). The van der Waals surface area contributed by atoms with Crippen LogP contribution in [0.5, 0.6) is 0 Å². The third-order valence-corrected chi connectivity index (χ3v) is 5.34. The van der Waals surface area contributed by atoms with Gasteiger partial charge in [-0.3, -0.25) is 4.99 Å². The minimum Gasteiger partial charge on any atom is -0.478 e. The minimum absolute atomic E-state index is 0.00262. The number of methoxy groups -OCH3 is 1. The molecular formula is C12H19N5O3S3. The molecule has 8 nitrogen and oxygen atoms in total. The molecule has 2 heterocycles. The number of hydrogen-bond acceptors (Lipinski definition) is 8. The van der Waals surface area contributed by atoms with Crippen LogP contribution in [0, 0.1) is 0 Å². The number of ether oxygens (including phenoxy) is 1. The summed E-state index contributed by atoms with van der Waals surface area (Å²) in [7, 11) is 1.71. The Balaban J connectivity index is 1.75. The van der Waals surface area contributed by atoms with Gasteiger partial charge >= 0.3 is 10.2 Å². The Morgan fingerprint density at radius 3 is 2.96 bits per heavy atom. The standard InChI is InChI=1S/C12H19N5O3S3/c1-17(2)6-10-14-9(8-22-10)7-21-5-4-13-11-12(20-3)16-23(18,19)15-11/h8H,4-7H2,1-3H3,(H,13,15). The summed E-state index contributed by atoms with van der Waals surface area (Å²) >= 11 is 3.36. The van der Waals surface area contributed by atoms with E-state index in [0.29, 0.717) is 6.54 Å². The number of aliphatic imine (C=N–C) groups is 1. The predicted octanol–water partition coefficient (Wildman–Crippen LogP) is 0.729. The smallest absolute Gasteiger partial charge is 0.347 e. The number of hydrogen-bond donors (Lipinski definition) is 1. The predicted molar refractivity (Wildman–Crippen MR) is 94.5 cm³/mol. The number of amidine groups is 1. The van der Waals surface area contributed by atoms with Crippen molar-refractivity contribution in [3.05, 3.63) is 16.1 Å². The van der Waals surface area contributed by atoms with E-state index in [9.17, 15) is 8.42 Å². The Morgan fingerprint density at radius 1 is 1.48 bits per heavy atom. The molecule has 1 aromatic heterocycles. The molecule has 1 aromatic rings. The van der Waals surface area contributed by atoms with Crippen LogP contribution in [0.4, 0.5) is 0 Å². The lowest BCUT2D eigenvalue weighted by molar-refractivity contribution is 0.401. The Morgan fingerprint density at radius 2 is 2.26 bits per heavy atom. The molecule has 1 N–H and O–H groups in total. The topological polar surface area (TPSA) is 96.2 Å². The highest BCUT2D eigenvalue weighted by molar-refractivity contribution is 7.98. The van der Waals surface area contributed by atoms with E-state index >= 15 is 0 Å². The molecule has 0 aliphatic carbocycles. The molecule has 0 atom stereocenters. The number of nitrogens with one attached hydrogen (secondary N) is 1. The van der Waals surface area contributed by atoms with Gasteiger partial charge in [-0.15, -0.1) is 15.7 Å². The average molecular weight is 378 g/mol. The average Bonchev–Trinajstić information content (AvgIpc) is 3.01. The number of nitrogens with zero attached hydrogens (tertiary/aromatic N) is 4. The molecular weight excluding hydrogens is 358 g/mol. The molecule has 0 saturated heterocycles. The summed E-state index contributed by atoms with van der Waals surface area (Å²) in [6.07, 6.45) is 0. The lowest BCUT2D eigenvalue weighted by Crippen LogP contribution is -2.27. The van der Waals surface area contributed by atoms with E-state index in [1.807, 2.05) is 14.1 Å². The maximum absolute atomic E-state index is 11.3. The fourth-order valence-electron chi connectivity index (χ4n) is 1.73. The van der Waals surface area contributed by atoms with Gasteiger partial charge in [0.2, 0.25) is 5.84 Å². The number of thioether (sulfide) groups is 1. The normalized spacial score (nSPS) is 18.3. The second kappa shape index (κ2) is 8.08. The number of rotatable bonds is 7. The zero-order chi connectivity index (χ0) is 16.9. The van der Waals surface area contributed by atoms with Gasteiger partial charge in [-0.25, -0.2) is 9.71 Å². The van der Waals surface area contributed by atoms with Crippen LogP contribution < -0.4 is 4.72 Å². The van der Waals surface area contributed by atoms with E-state index in [1.165, 1.54) is 7.11 Å². The molecule has 11 heteroatoms. The SMILES string of the molecule is COC1=NS(=O)(=O)NC1=NCCSCc1csc(CN(C)C)n1. The molecule has 0 amide bonds. The van der Waals surface area contributed by atoms with Crippen LogP contribution in [0.15, 0.2) is 14.8 Å². The van der Waals surface area contributed by atoms with Crippen molar-refractivity contribution in [1.82, 2.24) is 14.6 Å². The summed E-state index contributed by atoms with van der Waals surface area (Å²) in [6.45, 7) is 1.32. The van der Waals surface area contributed by atoms with Crippen LogP contribution in [0.2, 0.25) is 0 Å². The fraction of sp³-hybridized carbons (Fsp3) is 0.583. The molecule has 0 unspecified atom stereocenters. The first-order valence-corrected chi connectivity index (χ1v) is 10.2. The first kappa shape index (κ1) is 18.2. The van der Waals surface area contributed by atoms with Crippen LogP contribution in [0.1, 0.15) is 10.7 Å². The molecule has 0 radical (unpaired) electrons. The van der Waals surface area contributed by atoms with Gasteiger partial charge in [-0.05, 0) is 14.1 Å². The van der Waals surface area contributed by atoms with Crippen molar-refractivity contribution in [1.29, 1.82) is 0 Å². The molecule has 128 valence electrons. The van der Waals surface area contributed by atoms with Crippen molar-refractivity contribution in [3.8, 4) is 0 Å². The zero-order valence-electron chi connectivity index (χ0n) is 13.1. The lowest BCUT2D eigenvalue weighted by Gasteiger charge is -2.05. The van der Waals surface area contributed by atoms with Crippen molar-refractivity contribution in [2.24, 2.45) is 9.39 Å². The molecule has 0 saturated carbocycles. The van der Waals surface area contributed by atoms with E-state index in [1.54, 1.807) is 23.1 Å². The first-order chi connectivity index (χ1) is 10.9. The number of aromatic nitrogens is 1. The van der Waals surface area contributed by atoms with Crippen LogP contribution in [0.25, 0.3) is 0 Å². The van der Waals surface area contributed by atoms with Crippen molar-refractivity contribution >= 4 is 45.0 Å². The largest absolute Gasteiger partial charge is 0.478 e. The summed E-state index contributed by atoms with van der Waals surface area (Å²) in [5, 5.41) is 3.17. The quantitative estimate of drug-likeness (QED) is 0.704. The van der Waals surface area contributed by atoms with Gasteiger partial charge in [0.05, 0.1) is 19.3 Å². The van der Waals surface area contributed by atoms with Crippen LogP contribution >= 0.6 is 23.1 Å². The van der Waals surface area contributed by atoms with Crippen molar-refractivity contribution in [2.75, 3.05) is 33.5 Å². The van der Waals surface area contributed by atoms with Gasteiger partial charge < -0.3 is 9.64 Å². The van der Waals surface area contributed by atoms with Crippen LogP contribution in [-0.2, 0) is 27.2 Å². The van der Waals surface area contributed by atoms with Gasteiger partial charge in [0.1, 0.15) is 5.01 Å². The van der Waals surface area contributed by atoms with E-state index < -0.39 is 10.2 Å². The summed E-state index contributed by atoms with van der Waals surface area (Å²) < 4.78 is 33.1. The Bertz CT molecular complexity index is 697. The molecule has 0 spiro atoms. The number of thiazole rings is 1. The van der Waals surface area contributed by atoms with E-state index in [2.05, 4.69) is 29.4 Å². The third kappa shape index (κ3) is 5.75. The van der Waals surface area contributed by atoms with Crippen molar-refractivity contribution < 1.29 is 13.2 Å². The maximum atomic E-state index is 11.3. The second-order valence-electron chi connectivity index (χ2n) is 4.93. The molecule has 1 aliphatic heterocycles. The minimum atomic E-state index is -3.69. The van der Waals surface area contributed by atoms with Crippen LogP contribution in [0.3, 0.4) is 0 Å². The molecule has 0 aromatic carbocycles. The van der Waals surface area contributed by atoms with Gasteiger partial charge in [-0.2, -0.15) is 20.2 Å². The monoisotopic (exact) mass is 377 g/mol. The zero-order valence-corrected chi connectivity index (χ0v) is 15.6. The highest BCUT2D eigenvalue weighted by Crippen LogP contribution is 2.16. The van der Waals surface area contributed by atoms with E-state index in [-0.39, 0.29) is 11.7 Å². The third-order valence-electron chi connectivity index (χ3n) is 2.63. The summed E-state index contributed by atoms with van der Waals surface area (Å²) in [5.41, 5.74) is 1.06. The summed E-state index contributed by atoms with van der Waals surface area (Å²) in [6, 6.07) is 0. The molecule has 1 aliphatic rings.